The predicted octanol–water partition coefficient (Wildman–Crippen LogP) is -4.08. The SMILES string of the molecule is CC1OC(O[C@@H]2CC[C@]3(C)C(CC[C@@]4(C)C3CC=C3C5CC(C)(C)CC[C@@]5(C(=O)OC5OC(CO)C(OC6OCC(OC7OCC(O)C(O)C7O)C(O)C6O)C(O)C5O)CC[C@@]34C)C2(C)C)C(O)C(O)C1OC1OC(CO)C(O)C(OC2OC(CO)C(O)C(O)C2O)C1O. The Morgan fingerprint density at radius 1 is 0.489 bits per heavy atom. The molecule has 31 unspecified atom stereocenters. The number of carbonyl (C=O) groups excluding carboxylic acids is 1. The van der Waals surface area contributed by atoms with Gasteiger partial charge in [-0.2, -0.15) is 0 Å². The Morgan fingerprint density at radius 2 is 1.03 bits per heavy atom. The highest BCUT2D eigenvalue weighted by atomic mass is 16.8. The highest BCUT2D eigenvalue weighted by Crippen LogP contribution is 2.76. The van der Waals surface area contributed by atoms with Gasteiger partial charge in [-0.1, -0.05) is 60.1 Å². The van der Waals surface area contributed by atoms with Gasteiger partial charge >= 0.3 is 5.97 Å². The third kappa shape index (κ3) is 12.5. The van der Waals surface area contributed by atoms with E-state index in [0.717, 1.165) is 25.7 Å². The Bertz CT molecular complexity index is 2640. The number of aliphatic hydroxyl groups is 17. The molecule has 30 heteroatoms. The van der Waals surface area contributed by atoms with Crippen LogP contribution in [-0.2, 0) is 61.6 Å². The van der Waals surface area contributed by atoms with Gasteiger partial charge in [0.1, 0.15) is 128 Å². The molecule has 11 rings (SSSR count). The second-order valence-electron chi connectivity index (χ2n) is 31.0. The Morgan fingerprint density at radius 3 is 1.71 bits per heavy atom. The largest absolute Gasteiger partial charge is 0.432 e. The fourth-order valence-electron chi connectivity index (χ4n) is 18.9. The summed E-state index contributed by atoms with van der Waals surface area (Å²) in [6, 6.07) is 0. The minimum absolute atomic E-state index is 0.119. The highest BCUT2D eigenvalue weighted by molar-refractivity contribution is 5.79. The molecular formula is C64H104O30. The van der Waals surface area contributed by atoms with E-state index < -0.39 is 221 Å². The molecule has 10 fully saturated rings. The molecule has 540 valence electrons. The summed E-state index contributed by atoms with van der Waals surface area (Å²) in [5, 5.41) is 184. The highest BCUT2D eigenvalue weighted by Gasteiger charge is 2.71. The number of esters is 1. The molecule has 0 bridgehead atoms. The molecule has 0 aromatic carbocycles. The summed E-state index contributed by atoms with van der Waals surface area (Å²) in [7, 11) is 0. The topological polar surface area (TPSA) is 472 Å². The van der Waals surface area contributed by atoms with Gasteiger partial charge in [0, 0.05) is 0 Å². The zero-order valence-corrected chi connectivity index (χ0v) is 54.6. The Balaban J connectivity index is 0.736. The molecule has 0 radical (unpaired) electrons. The van der Waals surface area contributed by atoms with Crippen LogP contribution in [0.2, 0.25) is 0 Å². The Labute approximate surface area is 545 Å². The van der Waals surface area contributed by atoms with Crippen LogP contribution in [0, 0.1) is 50.2 Å². The molecule has 0 amide bonds. The molecule has 17 N–H and O–H groups in total. The van der Waals surface area contributed by atoms with Crippen LogP contribution in [0.3, 0.4) is 0 Å². The van der Waals surface area contributed by atoms with Gasteiger partial charge in [0.25, 0.3) is 0 Å². The first-order valence-corrected chi connectivity index (χ1v) is 33.5. The van der Waals surface area contributed by atoms with Crippen LogP contribution in [0.5, 0.6) is 0 Å². The standard InChI is InChI=1S/C64H104O30/c1-25-49(91-57-48(81)51(39(72)30(21-66)87-57)93-55-45(78)40(73)37(70)29(20-65)86-55)41(74)46(79)54(85-25)90-35-12-13-61(6)33(60(35,4)5)11-14-63(8)34(61)10-9-26-27-19-59(2,3)15-17-64(27,18-16-62(26,63)7)58(82)94-56-47(80)42(75)50(31(22-67)88-56)92-53-44(77)38(71)32(24-84-53)89-52-43(76)36(69)28(68)23-83-52/h9,25,27-57,65-81H,10-24H2,1-8H3/t25?,27?,28?,29?,30?,31?,32?,33?,34?,35-,36?,37?,38?,39?,40?,41?,42?,43?,44?,45?,46?,47?,48?,49?,50?,51?,52?,53?,54?,55?,56?,57?,61-,62+,63+,64-/m1/s1. The molecule has 0 spiro atoms. The summed E-state index contributed by atoms with van der Waals surface area (Å²) >= 11 is 0. The fourth-order valence-corrected chi connectivity index (χ4v) is 18.9. The van der Waals surface area contributed by atoms with Gasteiger partial charge in [0.05, 0.1) is 50.7 Å². The van der Waals surface area contributed by atoms with Crippen LogP contribution in [0.25, 0.3) is 0 Å². The van der Waals surface area contributed by atoms with Crippen molar-refractivity contribution >= 4 is 5.97 Å². The zero-order valence-electron chi connectivity index (χ0n) is 54.6. The number of ether oxygens (including phenoxy) is 12. The van der Waals surface area contributed by atoms with Crippen molar-refractivity contribution in [3.8, 4) is 0 Å². The molecule has 30 nitrogen and oxygen atoms in total. The van der Waals surface area contributed by atoms with E-state index in [-0.39, 0.29) is 46.0 Å². The lowest BCUT2D eigenvalue weighted by molar-refractivity contribution is -0.382. The predicted molar refractivity (Wildman–Crippen MR) is 315 cm³/mol. The van der Waals surface area contributed by atoms with E-state index in [1.54, 1.807) is 6.92 Å². The second-order valence-corrected chi connectivity index (χ2v) is 31.0. The second kappa shape index (κ2) is 27.5. The zero-order chi connectivity index (χ0) is 68.4. The van der Waals surface area contributed by atoms with Crippen LogP contribution < -0.4 is 0 Å². The number of aliphatic hydroxyl groups excluding tert-OH is 17. The molecule has 11 aliphatic rings. The molecule has 0 aromatic heterocycles. The van der Waals surface area contributed by atoms with Gasteiger partial charge in [-0.3, -0.25) is 4.79 Å². The van der Waals surface area contributed by atoms with Crippen LogP contribution in [-0.4, -0.2) is 304 Å². The summed E-state index contributed by atoms with van der Waals surface area (Å²) in [5.41, 5.74) is -1.31. The molecule has 36 atom stereocenters. The average Bonchev–Trinajstić information content (AvgIpc) is 0.676. The van der Waals surface area contributed by atoms with Crippen molar-refractivity contribution in [2.45, 2.75) is 298 Å². The number of hydrogen-bond donors (Lipinski definition) is 17. The summed E-state index contributed by atoms with van der Waals surface area (Å²) < 4.78 is 70.7. The van der Waals surface area contributed by atoms with Gasteiger partial charge < -0.3 is 144 Å². The van der Waals surface area contributed by atoms with Crippen LogP contribution in [0.4, 0.5) is 0 Å². The van der Waals surface area contributed by atoms with Crippen LogP contribution >= 0.6 is 0 Å². The fraction of sp³-hybridized carbons (Fsp3) is 0.953. The van der Waals surface area contributed by atoms with E-state index in [0.29, 0.717) is 38.5 Å². The smallest absolute Gasteiger partial charge is 0.315 e. The van der Waals surface area contributed by atoms with Crippen molar-refractivity contribution in [1.29, 1.82) is 0 Å². The lowest BCUT2D eigenvalue weighted by atomic mass is 9.33. The lowest BCUT2D eigenvalue weighted by Gasteiger charge is -2.71. The quantitative estimate of drug-likeness (QED) is 0.0421. The number of fused-ring (bicyclic) bond motifs is 7. The minimum atomic E-state index is -1.90. The first kappa shape index (κ1) is 73.3. The molecule has 0 aromatic rings. The van der Waals surface area contributed by atoms with Gasteiger partial charge in [0.2, 0.25) is 6.29 Å². The molecular weight excluding hydrogens is 1250 g/mol. The van der Waals surface area contributed by atoms with Gasteiger partial charge in [-0.25, -0.2) is 0 Å². The number of rotatable bonds is 15. The third-order valence-electron chi connectivity index (χ3n) is 24.8. The van der Waals surface area contributed by atoms with E-state index >= 15 is 4.79 Å². The molecule has 6 saturated heterocycles. The van der Waals surface area contributed by atoms with E-state index in [2.05, 4.69) is 54.5 Å². The third-order valence-corrected chi connectivity index (χ3v) is 24.8. The van der Waals surface area contributed by atoms with Gasteiger partial charge in [-0.05, 0) is 116 Å². The van der Waals surface area contributed by atoms with Crippen LogP contribution in [0.15, 0.2) is 11.6 Å². The average molecular weight is 1350 g/mol. The monoisotopic (exact) mass is 1350 g/mol. The van der Waals surface area contributed by atoms with E-state index in [1.165, 1.54) is 5.57 Å². The van der Waals surface area contributed by atoms with E-state index in [4.69, 9.17) is 56.8 Å². The summed E-state index contributed by atoms with van der Waals surface area (Å²) in [4.78, 5) is 15.2. The van der Waals surface area contributed by atoms with E-state index in [9.17, 15) is 86.8 Å². The number of carbonyl (C=O) groups is 1. The number of hydrogen-bond acceptors (Lipinski definition) is 30. The van der Waals surface area contributed by atoms with Crippen LogP contribution in [0.1, 0.15) is 120 Å². The number of allylic oxidation sites excluding steroid dienone is 2. The first-order chi connectivity index (χ1) is 44.1. The lowest BCUT2D eigenvalue weighted by Crippen LogP contribution is -2.67. The first-order valence-electron chi connectivity index (χ1n) is 33.5. The van der Waals surface area contributed by atoms with Crippen molar-refractivity contribution in [3.63, 3.8) is 0 Å². The maximum absolute atomic E-state index is 15.2. The summed E-state index contributed by atoms with van der Waals surface area (Å²) in [6.45, 7) is 14.3. The summed E-state index contributed by atoms with van der Waals surface area (Å²) in [5.74, 6) is -0.545. The van der Waals surface area contributed by atoms with Crippen molar-refractivity contribution in [2.24, 2.45) is 50.2 Å². The maximum atomic E-state index is 15.2. The normalized spacial score (nSPS) is 54.2. The summed E-state index contributed by atoms with van der Waals surface area (Å²) in [6.07, 6.45) is -36.9. The molecule has 4 saturated carbocycles. The molecule has 6 heterocycles. The van der Waals surface area contributed by atoms with E-state index in [1.807, 2.05) is 0 Å². The van der Waals surface area contributed by atoms with Crippen molar-refractivity contribution in [3.05, 3.63) is 11.6 Å². The van der Waals surface area contributed by atoms with Crippen molar-refractivity contribution < 1.29 is 148 Å². The minimum Gasteiger partial charge on any atom is -0.432 e. The Hall–Kier alpha value is -1.91. The molecule has 5 aliphatic carbocycles. The van der Waals surface area contributed by atoms with Crippen molar-refractivity contribution in [2.75, 3.05) is 33.0 Å². The molecule has 6 aliphatic heterocycles. The van der Waals surface area contributed by atoms with Gasteiger partial charge in [0.15, 0.2) is 31.5 Å². The van der Waals surface area contributed by atoms with Crippen molar-refractivity contribution in [1.82, 2.24) is 0 Å². The van der Waals surface area contributed by atoms with Gasteiger partial charge in [-0.15, -0.1) is 0 Å². The Kier molecular flexibility index (Phi) is 21.4. The molecule has 94 heavy (non-hydrogen) atoms. The maximum Gasteiger partial charge on any atom is 0.315 e.